The van der Waals surface area contributed by atoms with Crippen LogP contribution in [0, 0.1) is 0 Å². The second-order valence-electron chi connectivity index (χ2n) is 3.97. The number of hydrogen-bond donors (Lipinski definition) is 3. The van der Waals surface area contributed by atoms with Crippen molar-refractivity contribution in [3.8, 4) is 0 Å². The zero-order chi connectivity index (χ0) is 15.3. The molecule has 0 atom stereocenters. The fourth-order valence-electron chi connectivity index (χ4n) is 1.54. The smallest absolute Gasteiger partial charge is 0.271 e. The van der Waals surface area contributed by atoms with E-state index < -0.39 is 15.9 Å². The van der Waals surface area contributed by atoms with Crippen molar-refractivity contribution in [3.63, 3.8) is 0 Å². The van der Waals surface area contributed by atoms with E-state index in [9.17, 15) is 13.2 Å². The zero-order valence-electron chi connectivity index (χ0n) is 10.7. The van der Waals surface area contributed by atoms with Gasteiger partial charge in [0.2, 0.25) is 0 Å². The number of thiophene rings is 1. The molecule has 0 saturated carbocycles. The van der Waals surface area contributed by atoms with Gasteiger partial charge in [0.15, 0.2) is 0 Å². The van der Waals surface area contributed by atoms with Crippen molar-refractivity contribution in [1.82, 2.24) is 5.48 Å². The predicted molar refractivity (Wildman–Crippen MR) is 80.5 cm³/mol. The Hall–Kier alpha value is -2.16. The molecule has 0 radical (unpaired) electrons. The first kappa shape index (κ1) is 15.2. The van der Waals surface area contributed by atoms with Crippen LogP contribution in [0.3, 0.4) is 0 Å². The van der Waals surface area contributed by atoms with Gasteiger partial charge in [0.25, 0.3) is 15.9 Å². The average Bonchev–Trinajstić information content (AvgIpc) is 2.99. The fraction of sp³-hybridized carbons (Fsp3) is 0. The van der Waals surface area contributed by atoms with Gasteiger partial charge < -0.3 is 0 Å². The third kappa shape index (κ3) is 4.15. The maximum absolute atomic E-state index is 12.1. The lowest BCUT2D eigenvalue weighted by Crippen LogP contribution is -2.14. The minimum absolute atomic E-state index is 0.225. The molecule has 0 aliphatic carbocycles. The van der Waals surface area contributed by atoms with Gasteiger partial charge in [-0.2, -0.15) is 0 Å². The van der Waals surface area contributed by atoms with Crippen molar-refractivity contribution >= 4 is 39.0 Å². The molecule has 1 aromatic heterocycles. The molecule has 0 aliphatic rings. The SMILES string of the molecule is O=C(/C=C/c1cccc(NS(=O)(=O)c2cccs2)c1)NO. The molecule has 1 heterocycles. The third-order valence-corrected chi connectivity index (χ3v) is 5.21. The summed E-state index contributed by atoms with van der Waals surface area (Å²) in [5, 5.41) is 10.1. The molecule has 8 heteroatoms. The van der Waals surface area contributed by atoms with Crippen LogP contribution in [-0.2, 0) is 14.8 Å². The quantitative estimate of drug-likeness (QED) is 0.446. The van der Waals surface area contributed by atoms with Gasteiger partial charge >= 0.3 is 0 Å². The molecule has 0 spiro atoms. The fourth-order valence-corrected chi connectivity index (χ4v) is 3.58. The van der Waals surface area contributed by atoms with E-state index in [1.807, 2.05) is 0 Å². The first-order chi connectivity index (χ1) is 10.0. The van der Waals surface area contributed by atoms with Gasteiger partial charge in [-0.1, -0.05) is 18.2 Å². The number of rotatable bonds is 5. The molecule has 0 fully saturated rings. The molecule has 3 N–H and O–H groups in total. The van der Waals surface area contributed by atoms with Gasteiger partial charge in [0.1, 0.15) is 4.21 Å². The van der Waals surface area contributed by atoms with Crippen LogP contribution in [0.2, 0.25) is 0 Å². The number of amides is 1. The zero-order valence-corrected chi connectivity index (χ0v) is 12.3. The van der Waals surface area contributed by atoms with Gasteiger partial charge in [-0.05, 0) is 35.2 Å². The molecule has 2 aromatic rings. The topological polar surface area (TPSA) is 95.5 Å². The van der Waals surface area contributed by atoms with Crippen LogP contribution in [0.15, 0.2) is 52.1 Å². The molecular formula is C13H12N2O4S2. The maximum Gasteiger partial charge on any atom is 0.271 e. The molecule has 1 aromatic carbocycles. The second-order valence-corrected chi connectivity index (χ2v) is 6.83. The molecule has 6 nitrogen and oxygen atoms in total. The van der Waals surface area contributed by atoms with E-state index in [0.29, 0.717) is 11.3 Å². The Labute approximate surface area is 125 Å². The van der Waals surface area contributed by atoms with Crippen molar-refractivity contribution < 1.29 is 18.4 Å². The van der Waals surface area contributed by atoms with Crippen LogP contribution >= 0.6 is 11.3 Å². The summed E-state index contributed by atoms with van der Waals surface area (Å²) in [4.78, 5) is 10.9. The van der Waals surface area contributed by atoms with Crippen molar-refractivity contribution in [2.75, 3.05) is 4.72 Å². The minimum atomic E-state index is -3.60. The monoisotopic (exact) mass is 324 g/mol. The number of anilines is 1. The van der Waals surface area contributed by atoms with E-state index in [1.165, 1.54) is 17.6 Å². The summed E-state index contributed by atoms with van der Waals surface area (Å²) in [6.07, 6.45) is 2.58. The first-order valence-corrected chi connectivity index (χ1v) is 8.16. The Morgan fingerprint density at radius 2 is 2.05 bits per heavy atom. The minimum Gasteiger partial charge on any atom is -0.288 e. The Balaban J connectivity index is 2.19. The summed E-state index contributed by atoms with van der Waals surface area (Å²) < 4.78 is 26.8. The summed E-state index contributed by atoms with van der Waals surface area (Å²) >= 11 is 1.13. The Bertz CT molecular complexity index is 752. The number of carbonyl (C=O) groups is 1. The van der Waals surface area contributed by atoms with Gasteiger partial charge in [0, 0.05) is 11.8 Å². The van der Waals surface area contributed by atoms with E-state index >= 15 is 0 Å². The summed E-state index contributed by atoms with van der Waals surface area (Å²) in [7, 11) is -3.60. The van der Waals surface area contributed by atoms with E-state index in [0.717, 1.165) is 17.4 Å². The lowest BCUT2D eigenvalue weighted by atomic mass is 10.2. The second kappa shape index (κ2) is 6.53. The molecule has 0 unspecified atom stereocenters. The molecule has 110 valence electrons. The number of hydrogen-bond acceptors (Lipinski definition) is 5. The number of carbonyl (C=O) groups excluding carboxylic acids is 1. The standard InChI is InChI=1S/C13H12N2O4S2/c16-12(14-17)7-6-10-3-1-4-11(9-10)15-21(18,19)13-5-2-8-20-13/h1-9,15,17H,(H,14,16)/b7-6+. The lowest BCUT2D eigenvalue weighted by Gasteiger charge is -2.06. The molecule has 0 bridgehead atoms. The lowest BCUT2D eigenvalue weighted by molar-refractivity contribution is -0.124. The first-order valence-electron chi connectivity index (χ1n) is 5.80. The highest BCUT2D eigenvalue weighted by atomic mass is 32.2. The van der Waals surface area contributed by atoms with Crippen LogP contribution in [0.4, 0.5) is 5.69 Å². The highest BCUT2D eigenvalue weighted by molar-refractivity contribution is 7.94. The number of benzene rings is 1. The normalized spacial score (nSPS) is 11.5. The Morgan fingerprint density at radius 1 is 1.24 bits per heavy atom. The van der Waals surface area contributed by atoms with Crippen molar-refractivity contribution in [2.24, 2.45) is 0 Å². The van der Waals surface area contributed by atoms with Crippen LogP contribution in [0.25, 0.3) is 6.08 Å². The number of sulfonamides is 1. The average molecular weight is 324 g/mol. The van der Waals surface area contributed by atoms with Crippen LogP contribution in [0.5, 0.6) is 0 Å². The van der Waals surface area contributed by atoms with Gasteiger partial charge in [-0.15, -0.1) is 11.3 Å². The molecule has 1 amide bonds. The molecule has 0 saturated heterocycles. The Kier molecular flexibility index (Phi) is 4.73. The summed E-state index contributed by atoms with van der Waals surface area (Å²) in [5.74, 6) is -0.667. The summed E-state index contributed by atoms with van der Waals surface area (Å²) in [6.45, 7) is 0. The maximum atomic E-state index is 12.1. The van der Waals surface area contributed by atoms with Crippen LogP contribution in [-0.4, -0.2) is 19.5 Å². The Morgan fingerprint density at radius 3 is 2.71 bits per heavy atom. The highest BCUT2D eigenvalue weighted by Crippen LogP contribution is 2.21. The summed E-state index contributed by atoms with van der Waals surface area (Å²) in [5.41, 5.74) is 2.47. The van der Waals surface area contributed by atoms with Crippen molar-refractivity contribution in [1.29, 1.82) is 0 Å². The van der Waals surface area contributed by atoms with Crippen LogP contribution in [0.1, 0.15) is 5.56 Å². The van der Waals surface area contributed by atoms with Crippen LogP contribution < -0.4 is 10.2 Å². The molecule has 2 rings (SSSR count). The van der Waals surface area contributed by atoms with Gasteiger partial charge in [-0.3, -0.25) is 14.7 Å². The van der Waals surface area contributed by atoms with Gasteiger partial charge in [-0.25, -0.2) is 13.9 Å². The van der Waals surface area contributed by atoms with Crippen molar-refractivity contribution in [2.45, 2.75) is 4.21 Å². The number of hydroxylamine groups is 1. The van der Waals surface area contributed by atoms with E-state index in [2.05, 4.69) is 4.72 Å². The molecule has 21 heavy (non-hydrogen) atoms. The van der Waals surface area contributed by atoms with E-state index in [-0.39, 0.29) is 4.21 Å². The third-order valence-electron chi connectivity index (χ3n) is 2.44. The molecule has 0 aliphatic heterocycles. The summed E-state index contributed by atoms with van der Waals surface area (Å²) in [6, 6.07) is 9.71. The van der Waals surface area contributed by atoms with Gasteiger partial charge in [0.05, 0.1) is 0 Å². The number of nitrogens with one attached hydrogen (secondary N) is 2. The predicted octanol–water partition coefficient (Wildman–Crippen LogP) is 2.07. The largest absolute Gasteiger partial charge is 0.288 e. The highest BCUT2D eigenvalue weighted by Gasteiger charge is 2.14. The van der Waals surface area contributed by atoms with Crippen molar-refractivity contribution in [3.05, 3.63) is 53.4 Å². The van der Waals surface area contributed by atoms with E-state index in [4.69, 9.17) is 5.21 Å². The van der Waals surface area contributed by atoms with E-state index in [1.54, 1.807) is 35.7 Å². The molecular weight excluding hydrogens is 312 g/mol.